The van der Waals surface area contributed by atoms with E-state index in [1.807, 2.05) is 17.8 Å². The van der Waals surface area contributed by atoms with Crippen LogP contribution in [0, 0.1) is 10.1 Å². The number of hydrogen-bond donors (Lipinski definition) is 1. The molecule has 1 aliphatic heterocycles. The highest BCUT2D eigenvalue weighted by Crippen LogP contribution is 2.30. The Morgan fingerprint density at radius 3 is 2.96 bits per heavy atom. The van der Waals surface area contributed by atoms with Crippen LogP contribution < -0.4 is 10.1 Å². The van der Waals surface area contributed by atoms with Gasteiger partial charge in [-0.15, -0.1) is 0 Å². The number of aryl methyl sites for hydroxylation is 1. The number of rotatable bonds is 5. The van der Waals surface area contributed by atoms with Crippen LogP contribution in [0.5, 0.6) is 5.75 Å². The van der Waals surface area contributed by atoms with Crippen LogP contribution >= 0.6 is 0 Å². The van der Waals surface area contributed by atoms with Gasteiger partial charge in [0.1, 0.15) is 11.9 Å². The van der Waals surface area contributed by atoms with Crippen LogP contribution in [0.25, 0.3) is 0 Å². The number of piperazine rings is 1. The van der Waals surface area contributed by atoms with E-state index in [4.69, 9.17) is 4.74 Å². The molecule has 1 unspecified atom stereocenters. The SMILES string of the molecule is CCOc1ccc(C(=O)N2CCNCC2c2nccn2C)cc1[N+](=O)[O-]. The van der Waals surface area contributed by atoms with Gasteiger partial charge >= 0.3 is 5.69 Å². The highest BCUT2D eigenvalue weighted by Gasteiger charge is 2.32. The molecule has 0 aliphatic carbocycles. The van der Waals surface area contributed by atoms with Crippen LogP contribution in [0.15, 0.2) is 30.6 Å². The van der Waals surface area contributed by atoms with E-state index >= 15 is 0 Å². The van der Waals surface area contributed by atoms with Crippen molar-refractivity contribution in [2.45, 2.75) is 13.0 Å². The Morgan fingerprint density at radius 2 is 2.31 bits per heavy atom. The summed E-state index contributed by atoms with van der Waals surface area (Å²) >= 11 is 0. The minimum Gasteiger partial charge on any atom is -0.487 e. The fraction of sp³-hybridized carbons (Fsp3) is 0.412. The van der Waals surface area contributed by atoms with Crippen LogP contribution in [-0.4, -0.2) is 51.5 Å². The summed E-state index contributed by atoms with van der Waals surface area (Å²) in [6, 6.07) is 4.09. The van der Waals surface area contributed by atoms with Crippen molar-refractivity contribution in [3.05, 3.63) is 52.1 Å². The van der Waals surface area contributed by atoms with Gasteiger partial charge in [0.15, 0.2) is 5.75 Å². The summed E-state index contributed by atoms with van der Waals surface area (Å²) in [5.74, 6) is 0.673. The van der Waals surface area contributed by atoms with Gasteiger partial charge in [-0.25, -0.2) is 4.98 Å². The van der Waals surface area contributed by atoms with E-state index in [1.54, 1.807) is 24.1 Å². The first kappa shape index (κ1) is 17.9. The smallest absolute Gasteiger partial charge is 0.311 e. The van der Waals surface area contributed by atoms with E-state index in [0.717, 1.165) is 5.82 Å². The lowest BCUT2D eigenvalue weighted by molar-refractivity contribution is -0.385. The predicted molar refractivity (Wildman–Crippen MR) is 94.1 cm³/mol. The summed E-state index contributed by atoms with van der Waals surface area (Å²) in [6.45, 7) is 3.80. The molecular formula is C17H21N5O4. The fourth-order valence-corrected chi connectivity index (χ4v) is 3.11. The minimum atomic E-state index is -0.532. The Hall–Kier alpha value is -2.94. The second-order valence-electron chi connectivity index (χ2n) is 5.99. The number of imidazole rings is 1. The maximum atomic E-state index is 13.1. The Labute approximate surface area is 150 Å². The number of benzene rings is 1. The third-order valence-corrected chi connectivity index (χ3v) is 4.36. The highest BCUT2D eigenvalue weighted by atomic mass is 16.6. The Kier molecular flexibility index (Phi) is 5.17. The van der Waals surface area contributed by atoms with Crippen LogP contribution in [0.4, 0.5) is 5.69 Å². The molecule has 1 saturated heterocycles. The maximum absolute atomic E-state index is 13.1. The molecule has 26 heavy (non-hydrogen) atoms. The molecule has 1 aliphatic rings. The lowest BCUT2D eigenvalue weighted by Crippen LogP contribution is -2.49. The van der Waals surface area contributed by atoms with Crippen molar-refractivity contribution in [1.82, 2.24) is 19.8 Å². The average molecular weight is 359 g/mol. The Balaban J connectivity index is 1.93. The van der Waals surface area contributed by atoms with Gasteiger partial charge in [-0.2, -0.15) is 0 Å². The summed E-state index contributed by atoms with van der Waals surface area (Å²) < 4.78 is 7.16. The second kappa shape index (κ2) is 7.52. The number of carbonyl (C=O) groups is 1. The molecule has 1 N–H and O–H groups in total. The number of nitro groups is 1. The number of hydrogen-bond acceptors (Lipinski definition) is 6. The van der Waals surface area contributed by atoms with Crippen LogP contribution in [0.1, 0.15) is 29.1 Å². The lowest BCUT2D eigenvalue weighted by atomic mass is 10.1. The zero-order chi connectivity index (χ0) is 18.7. The van der Waals surface area contributed by atoms with Crippen LogP contribution in [0.2, 0.25) is 0 Å². The quantitative estimate of drug-likeness (QED) is 0.641. The summed E-state index contributed by atoms with van der Waals surface area (Å²) in [7, 11) is 1.88. The molecule has 0 bridgehead atoms. The van der Waals surface area contributed by atoms with Gasteiger partial charge in [-0.05, 0) is 19.1 Å². The molecule has 1 atom stereocenters. The van der Waals surface area contributed by atoms with E-state index in [0.29, 0.717) is 26.2 Å². The number of aromatic nitrogens is 2. The molecule has 0 saturated carbocycles. The van der Waals surface area contributed by atoms with Gasteiger partial charge in [0.25, 0.3) is 5.91 Å². The van der Waals surface area contributed by atoms with Crippen molar-refractivity contribution in [2.75, 3.05) is 26.2 Å². The van der Waals surface area contributed by atoms with E-state index < -0.39 is 4.92 Å². The fourth-order valence-electron chi connectivity index (χ4n) is 3.11. The largest absolute Gasteiger partial charge is 0.487 e. The topological polar surface area (TPSA) is 103 Å². The van der Waals surface area contributed by atoms with Crippen molar-refractivity contribution < 1.29 is 14.5 Å². The number of ether oxygens (including phenoxy) is 1. The molecule has 0 spiro atoms. The zero-order valence-electron chi connectivity index (χ0n) is 14.7. The van der Waals surface area contributed by atoms with Gasteiger partial charge in [-0.3, -0.25) is 14.9 Å². The summed E-state index contributed by atoms with van der Waals surface area (Å²) in [5.41, 5.74) is 0.0580. The summed E-state index contributed by atoms with van der Waals surface area (Å²) in [4.78, 5) is 29.9. The van der Waals surface area contributed by atoms with E-state index in [1.165, 1.54) is 12.1 Å². The molecule has 1 fully saturated rings. The number of nitrogens with one attached hydrogen (secondary N) is 1. The summed E-state index contributed by atoms with van der Waals surface area (Å²) in [6.07, 6.45) is 3.52. The highest BCUT2D eigenvalue weighted by molar-refractivity contribution is 5.95. The normalized spacial score (nSPS) is 17.2. The Morgan fingerprint density at radius 1 is 1.50 bits per heavy atom. The van der Waals surface area contributed by atoms with Crippen molar-refractivity contribution in [3.63, 3.8) is 0 Å². The molecule has 1 amide bonds. The zero-order valence-corrected chi connectivity index (χ0v) is 14.7. The van der Waals surface area contributed by atoms with Crippen molar-refractivity contribution in [3.8, 4) is 5.75 Å². The van der Waals surface area contributed by atoms with Crippen molar-refractivity contribution in [2.24, 2.45) is 7.05 Å². The average Bonchev–Trinajstić information content (AvgIpc) is 3.07. The number of amides is 1. The third-order valence-electron chi connectivity index (χ3n) is 4.36. The van der Waals surface area contributed by atoms with E-state index in [-0.39, 0.29) is 28.9 Å². The maximum Gasteiger partial charge on any atom is 0.311 e. The van der Waals surface area contributed by atoms with Gasteiger partial charge in [0.2, 0.25) is 0 Å². The van der Waals surface area contributed by atoms with E-state index in [9.17, 15) is 14.9 Å². The first-order valence-corrected chi connectivity index (χ1v) is 8.43. The second-order valence-corrected chi connectivity index (χ2v) is 5.99. The lowest BCUT2D eigenvalue weighted by Gasteiger charge is -2.35. The Bertz CT molecular complexity index is 819. The molecule has 9 nitrogen and oxygen atoms in total. The first-order chi connectivity index (χ1) is 12.5. The van der Waals surface area contributed by atoms with Crippen LogP contribution in [-0.2, 0) is 7.05 Å². The van der Waals surface area contributed by atoms with Gasteiger partial charge < -0.3 is 19.5 Å². The molecule has 1 aromatic heterocycles. The molecule has 2 aromatic rings. The third kappa shape index (κ3) is 3.38. The van der Waals surface area contributed by atoms with Gasteiger partial charge in [-0.1, -0.05) is 0 Å². The predicted octanol–water partition coefficient (Wildman–Crippen LogP) is 1.51. The number of nitro benzene ring substituents is 1. The monoisotopic (exact) mass is 359 g/mol. The standard InChI is InChI=1S/C17H21N5O4/c1-3-26-15-5-4-12(10-13(15)22(24)25)17(23)21-9-6-18-11-14(21)16-19-7-8-20(16)2/h4-5,7-8,10,14,18H,3,6,9,11H2,1-2H3. The molecule has 0 radical (unpaired) electrons. The molecule has 9 heteroatoms. The van der Waals surface area contributed by atoms with Crippen LogP contribution in [0.3, 0.4) is 0 Å². The van der Waals surface area contributed by atoms with Gasteiger partial charge in [0.05, 0.1) is 11.5 Å². The molecule has 2 heterocycles. The minimum absolute atomic E-state index is 0.162. The summed E-state index contributed by atoms with van der Waals surface area (Å²) in [5, 5.41) is 14.6. The molecular weight excluding hydrogens is 338 g/mol. The number of nitrogens with zero attached hydrogens (tertiary/aromatic N) is 4. The number of carbonyl (C=O) groups excluding carboxylic acids is 1. The van der Waals surface area contributed by atoms with Crippen molar-refractivity contribution in [1.29, 1.82) is 0 Å². The molecule has 3 rings (SSSR count). The first-order valence-electron chi connectivity index (χ1n) is 8.43. The molecule has 1 aromatic carbocycles. The van der Waals surface area contributed by atoms with Crippen molar-refractivity contribution >= 4 is 11.6 Å². The van der Waals surface area contributed by atoms with E-state index in [2.05, 4.69) is 10.3 Å². The van der Waals surface area contributed by atoms with Gasteiger partial charge in [0, 0.05) is 50.7 Å². The molecule has 138 valence electrons.